The summed E-state index contributed by atoms with van der Waals surface area (Å²) in [5.41, 5.74) is 0.655. The summed E-state index contributed by atoms with van der Waals surface area (Å²) in [6, 6.07) is 1.76. The first-order valence-electron chi connectivity index (χ1n) is 4.42. The van der Waals surface area contributed by atoms with Crippen molar-refractivity contribution in [3.63, 3.8) is 0 Å². The third kappa shape index (κ3) is 1.28. The Hall–Kier alpha value is -1.09. The summed E-state index contributed by atoms with van der Waals surface area (Å²) in [6.45, 7) is 1.88. The molecule has 1 N–H and O–H groups in total. The van der Waals surface area contributed by atoms with Gasteiger partial charge in [0.05, 0.1) is 10.7 Å². The summed E-state index contributed by atoms with van der Waals surface area (Å²) in [4.78, 5) is 15.1. The lowest BCUT2D eigenvalue weighted by molar-refractivity contribution is -0.140. The monoisotopic (exact) mass is 211 g/mol. The number of carbonyl (C=O) groups is 1. The number of rotatable bonds is 2. The third-order valence-electron chi connectivity index (χ3n) is 2.59. The SMILES string of the molecule is Cc1cnc(C2(C(=O)O)CC2)c(Cl)c1. The second-order valence-corrected chi connectivity index (χ2v) is 4.14. The van der Waals surface area contributed by atoms with Crippen LogP contribution in [0.15, 0.2) is 12.3 Å². The Morgan fingerprint density at radius 1 is 1.64 bits per heavy atom. The van der Waals surface area contributed by atoms with Crippen LogP contribution >= 0.6 is 11.6 Å². The maximum absolute atomic E-state index is 11.0. The summed E-state index contributed by atoms with van der Waals surface area (Å²) >= 11 is 5.97. The Morgan fingerprint density at radius 2 is 2.29 bits per heavy atom. The van der Waals surface area contributed by atoms with Gasteiger partial charge >= 0.3 is 5.97 Å². The first-order valence-corrected chi connectivity index (χ1v) is 4.80. The van der Waals surface area contributed by atoms with E-state index in [9.17, 15) is 4.79 Å². The molecular formula is C10H10ClNO2. The van der Waals surface area contributed by atoms with Gasteiger partial charge in [0.1, 0.15) is 5.41 Å². The van der Waals surface area contributed by atoms with Crippen LogP contribution in [0.3, 0.4) is 0 Å². The zero-order valence-corrected chi connectivity index (χ0v) is 8.51. The van der Waals surface area contributed by atoms with Crippen LogP contribution in [-0.4, -0.2) is 16.1 Å². The van der Waals surface area contributed by atoms with Crippen LogP contribution in [0.1, 0.15) is 24.1 Å². The normalized spacial score (nSPS) is 17.9. The van der Waals surface area contributed by atoms with E-state index < -0.39 is 11.4 Å². The Bertz CT molecular complexity index is 399. The Kier molecular flexibility index (Phi) is 2.00. The van der Waals surface area contributed by atoms with Crippen LogP contribution in [0, 0.1) is 6.92 Å². The zero-order chi connectivity index (χ0) is 10.3. The van der Waals surface area contributed by atoms with E-state index in [1.54, 1.807) is 12.3 Å². The molecule has 74 valence electrons. The Morgan fingerprint density at radius 3 is 2.71 bits per heavy atom. The summed E-state index contributed by atoms with van der Waals surface area (Å²) in [6.07, 6.45) is 2.93. The number of pyridine rings is 1. The molecule has 14 heavy (non-hydrogen) atoms. The van der Waals surface area contributed by atoms with E-state index in [0.29, 0.717) is 23.6 Å². The van der Waals surface area contributed by atoms with Crippen LogP contribution < -0.4 is 0 Å². The molecular weight excluding hydrogens is 202 g/mol. The minimum absolute atomic E-state index is 0.463. The fraction of sp³-hybridized carbons (Fsp3) is 0.400. The fourth-order valence-corrected chi connectivity index (χ4v) is 1.96. The first-order chi connectivity index (χ1) is 6.56. The van der Waals surface area contributed by atoms with Gasteiger partial charge in [0.15, 0.2) is 0 Å². The molecule has 1 aromatic heterocycles. The zero-order valence-electron chi connectivity index (χ0n) is 7.75. The minimum atomic E-state index is -0.823. The van der Waals surface area contributed by atoms with Crippen LogP contribution in [-0.2, 0) is 10.2 Å². The lowest BCUT2D eigenvalue weighted by Crippen LogP contribution is -2.21. The van der Waals surface area contributed by atoms with Crippen molar-refractivity contribution in [2.45, 2.75) is 25.2 Å². The summed E-state index contributed by atoms with van der Waals surface area (Å²) in [5, 5.41) is 9.52. The molecule has 1 saturated carbocycles. The quantitative estimate of drug-likeness (QED) is 0.816. The van der Waals surface area contributed by atoms with Gasteiger partial charge in [-0.25, -0.2) is 0 Å². The lowest BCUT2D eigenvalue weighted by Gasteiger charge is -2.10. The van der Waals surface area contributed by atoms with Crippen molar-refractivity contribution < 1.29 is 9.90 Å². The van der Waals surface area contributed by atoms with Crippen LogP contribution in [0.2, 0.25) is 5.02 Å². The molecule has 3 nitrogen and oxygen atoms in total. The second kappa shape index (κ2) is 2.95. The van der Waals surface area contributed by atoms with Gasteiger partial charge in [0.25, 0.3) is 0 Å². The number of hydrogen-bond acceptors (Lipinski definition) is 2. The molecule has 1 aromatic rings. The molecule has 0 bridgehead atoms. The molecule has 0 spiro atoms. The molecule has 1 aliphatic carbocycles. The van der Waals surface area contributed by atoms with E-state index >= 15 is 0 Å². The number of hydrogen-bond donors (Lipinski definition) is 1. The topological polar surface area (TPSA) is 50.2 Å². The molecule has 0 radical (unpaired) electrons. The molecule has 1 fully saturated rings. The van der Waals surface area contributed by atoms with Crippen molar-refractivity contribution in [3.8, 4) is 0 Å². The van der Waals surface area contributed by atoms with Gasteiger partial charge in [-0.05, 0) is 31.4 Å². The highest BCUT2D eigenvalue weighted by atomic mass is 35.5. The van der Waals surface area contributed by atoms with Gasteiger partial charge in [-0.1, -0.05) is 11.6 Å². The molecule has 0 amide bonds. The Balaban J connectivity index is 2.47. The fourth-order valence-electron chi connectivity index (χ4n) is 1.56. The number of carboxylic acid groups (broad SMARTS) is 1. The average Bonchev–Trinajstić information content (AvgIpc) is 2.84. The van der Waals surface area contributed by atoms with Crippen LogP contribution in [0.25, 0.3) is 0 Å². The van der Waals surface area contributed by atoms with Crippen LogP contribution in [0.5, 0.6) is 0 Å². The first kappa shape index (κ1) is 9.46. The second-order valence-electron chi connectivity index (χ2n) is 3.73. The van der Waals surface area contributed by atoms with Crippen molar-refractivity contribution in [3.05, 3.63) is 28.5 Å². The van der Waals surface area contributed by atoms with Gasteiger partial charge in [-0.15, -0.1) is 0 Å². The predicted octanol–water partition coefficient (Wildman–Crippen LogP) is 2.16. The summed E-state index contributed by atoms with van der Waals surface area (Å²) in [5.74, 6) is -0.823. The molecule has 0 atom stereocenters. The molecule has 2 rings (SSSR count). The van der Waals surface area contributed by atoms with Crippen molar-refractivity contribution in [1.82, 2.24) is 4.98 Å². The molecule has 0 aromatic carbocycles. The Labute approximate surface area is 86.7 Å². The van der Waals surface area contributed by atoms with E-state index in [1.165, 1.54) is 0 Å². The van der Waals surface area contributed by atoms with Gasteiger partial charge < -0.3 is 5.11 Å². The number of aryl methyl sites for hydroxylation is 1. The van der Waals surface area contributed by atoms with Gasteiger partial charge in [0.2, 0.25) is 0 Å². The molecule has 1 aliphatic rings. The molecule has 1 heterocycles. The summed E-state index contributed by atoms with van der Waals surface area (Å²) in [7, 11) is 0. The van der Waals surface area contributed by atoms with E-state index in [1.807, 2.05) is 6.92 Å². The number of nitrogens with zero attached hydrogens (tertiary/aromatic N) is 1. The highest BCUT2D eigenvalue weighted by Crippen LogP contribution is 2.49. The van der Waals surface area contributed by atoms with E-state index in [4.69, 9.17) is 16.7 Å². The smallest absolute Gasteiger partial charge is 0.315 e. The largest absolute Gasteiger partial charge is 0.481 e. The maximum Gasteiger partial charge on any atom is 0.315 e. The number of halogens is 1. The van der Waals surface area contributed by atoms with Gasteiger partial charge in [-0.2, -0.15) is 0 Å². The van der Waals surface area contributed by atoms with Gasteiger partial charge in [0, 0.05) is 6.20 Å². The predicted molar refractivity (Wildman–Crippen MR) is 52.5 cm³/mol. The van der Waals surface area contributed by atoms with E-state index in [-0.39, 0.29) is 0 Å². The molecule has 0 saturated heterocycles. The van der Waals surface area contributed by atoms with Crippen molar-refractivity contribution >= 4 is 17.6 Å². The average molecular weight is 212 g/mol. The number of aromatic nitrogens is 1. The highest BCUT2D eigenvalue weighted by molar-refractivity contribution is 6.31. The lowest BCUT2D eigenvalue weighted by atomic mass is 10.0. The summed E-state index contributed by atoms with van der Waals surface area (Å²) < 4.78 is 0. The maximum atomic E-state index is 11.0. The van der Waals surface area contributed by atoms with Crippen molar-refractivity contribution in [1.29, 1.82) is 0 Å². The van der Waals surface area contributed by atoms with E-state index in [0.717, 1.165) is 5.56 Å². The molecule has 0 aliphatic heterocycles. The highest BCUT2D eigenvalue weighted by Gasteiger charge is 2.54. The van der Waals surface area contributed by atoms with Crippen molar-refractivity contribution in [2.24, 2.45) is 0 Å². The minimum Gasteiger partial charge on any atom is -0.481 e. The number of aliphatic carboxylic acids is 1. The van der Waals surface area contributed by atoms with Crippen LogP contribution in [0.4, 0.5) is 0 Å². The standard InChI is InChI=1S/C10H10ClNO2/c1-6-4-7(11)8(12-5-6)10(2-3-10)9(13)14/h4-5H,2-3H2,1H3,(H,13,14). The van der Waals surface area contributed by atoms with Gasteiger partial charge in [-0.3, -0.25) is 9.78 Å². The third-order valence-corrected chi connectivity index (χ3v) is 2.88. The number of carboxylic acids is 1. The molecule has 0 unspecified atom stereocenters. The molecule has 4 heteroatoms. The van der Waals surface area contributed by atoms with Crippen molar-refractivity contribution in [2.75, 3.05) is 0 Å². The van der Waals surface area contributed by atoms with E-state index in [2.05, 4.69) is 4.98 Å².